The van der Waals surface area contributed by atoms with Gasteiger partial charge in [-0.25, -0.2) is 8.42 Å². The molecule has 0 saturated carbocycles. The van der Waals surface area contributed by atoms with Crippen molar-refractivity contribution in [3.63, 3.8) is 0 Å². The van der Waals surface area contributed by atoms with Crippen LogP contribution in [0.1, 0.15) is 13.8 Å². The van der Waals surface area contributed by atoms with Gasteiger partial charge in [-0.1, -0.05) is 25.4 Å². The topological polar surface area (TPSA) is 101 Å². The van der Waals surface area contributed by atoms with E-state index >= 15 is 0 Å². The summed E-state index contributed by atoms with van der Waals surface area (Å²) in [5.41, 5.74) is 6.26. The summed E-state index contributed by atoms with van der Waals surface area (Å²) in [5, 5.41) is 3.00. The molecule has 6 nitrogen and oxygen atoms in total. The number of carbonyl (C=O) groups is 1. The van der Waals surface area contributed by atoms with Gasteiger partial charge in [0.1, 0.15) is 0 Å². The van der Waals surface area contributed by atoms with Gasteiger partial charge in [0.2, 0.25) is 15.9 Å². The summed E-state index contributed by atoms with van der Waals surface area (Å²) in [6, 6.07) is 4.49. The number of carbonyl (C=O) groups excluding carboxylic acids is 1. The number of nitrogens with one attached hydrogen (secondary N) is 2. The van der Waals surface area contributed by atoms with Crippen LogP contribution in [0.5, 0.6) is 0 Å². The highest BCUT2D eigenvalue weighted by molar-refractivity contribution is 7.92. The van der Waals surface area contributed by atoms with Crippen molar-refractivity contribution >= 4 is 38.9 Å². The highest BCUT2D eigenvalue weighted by atomic mass is 35.5. The van der Waals surface area contributed by atoms with E-state index < -0.39 is 10.0 Å². The van der Waals surface area contributed by atoms with Crippen LogP contribution in [0.25, 0.3) is 0 Å². The molecular weight excluding hydrogens is 314 g/mol. The lowest BCUT2D eigenvalue weighted by Gasteiger charge is -2.19. The predicted octanol–water partition coefficient (Wildman–Crippen LogP) is 1.88. The summed E-state index contributed by atoms with van der Waals surface area (Å²) in [6.07, 6.45) is 1.04. The van der Waals surface area contributed by atoms with E-state index in [4.69, 9.17) is 17.3 Å². The second kappa shape index (κ2) is 7.11. The van der Waals surface area contributed by atoms with Crippen molar-refractivity contribution in [2.75, 3.05) is 22.8 Å². The molecule has 0 spiro atoms. The Hall–Kier alpha value is -1.31. The minimum atomic E-state index is -3.40. The molecule has 1 aromatic carbocycles. The van der Waals surface area contributed by atoms with Crippen molar-refractivity contribution in [1.82, 2.24) is 0 Å². The summed E-state index contributed by atoms with van der Waals surface area (Å²) in [6.45, 7) is 4.03. The normalized spacial score (nSPS) is 13.0. The number of anilines is 2. The third-order valence-corrected chi connectivity index (χ3v) is 3.86. The number of halogens is 1. The fourth-order valence-corrected chi connectivity index (χ4v) is 2.53. The quantitative estimate of drug-likeness (QED) is 0.739. The number of amides is 1. The largest absolute Gasteiger partial charge is 0.330 e. The molecule has 1 rings (SSSR count). The molecule has 21 heavy (non-hydrogen) atoms. The van der Waals surface area contributed by atoms with Gasteiger partial charge in [-0.05, 0) is 24.1 Å². The lowest BCUT2D eigenvalue weighted by molar-refractivity contribution is -0.120. The van der Waals surface area contributed by atoms with E-state index in [1.165, 1.54) is 18.2 Å². The fourth-order valence-electron chi connectivity index (χ4n) is 1.81. The molecule has 0 aromatic heterocycles. The molecule has 1 aromatic rings. The molecule has 1 amide bonds. The summed E-state index contributed by atoms with van der Waals surface area (Å²) in [7, 11) is -3.40. The number of hydrogen-bond donors (Lipinski definition) is 3. The van der Waals surface area contributed by atoms with Crippen LogP contribution >= 0.6 is 11.6 Å². The summed E-state index contributed by atoms with van der Waals surface area (Å²) < 4.78 is 24.8. The summed E-state index contributed by atoms with van der Waals surface area (Å²) >= 11 is 6.02. The molecule has 1 unspecified atom stereocenters. The Kier molecular flexibility index (Phi) is 6.00. The lowest BCUT2D eigenvalue weighted by atomic mass is 9.95. The molecule has 0 fully saturated rings. The van der Waals surface area contributed by atoms with Gasteiger partial charge in [0.25, 0.3) is 0 Å². The van der Waals surface area contributed by atoms with E-state index in [2.05, 4.69) is 10.0 Å². The number of sulfonamides is 1. The van der Waals surface area contributed by atoms with Gasteiger partial charge in [0.05, 0.1) is 28.6 Å². The van der Waals surface area contributed by atoms with E-state index in [0.717, 1.165) is 6.26 Å². The zero-order chi connectivity index (χ0) is 16.2. The molecule has 0 bridgehead atoms. The monoisotopic (exact) mass is 333 g/mol. The summed E-state index contributed by atoms with van der Waals surface area (Å²) in [4.78, 5) is 12.1. The third-order valence-electron chi connectivity index (χ3n) is 2.92. The minimum absolute atomic E-state index is 0.0890. The van der Waals surface area contributed by atoms with Crippen molar-refractivity contribution in [2.24, 2.45) is 17.6 Å². The van der Waals surface area contributed by atoms with Crippen LogP contribution in [-0.4, -0.2) is 27.1 Å². The second-order valence-electron chi connectivity index (χ2n) is 5.14. The van der Waals surface area contributed by atoms with Gasteiger partial charge in [-0.3, -0.25) is 9.52 Å². The maximum atomic E-state index is 12.1. The van der Waals surface area contributed by atoms with Crippen molar-refractivity contribution < 1.29 is 13.2 Å². The lowest BCUT2D eigenvalue weighted by Crippen LogP contribution is -2.33. The first-order chi connectivity index (χ1) is 9.64. The van der Waals surface area contributed by atoms with Crippen LogP contribution in [0.15, 0.2) is 18.2 Å². The van der Waals surface area contributed by atoms with Crippen LogP contribution in [0.4, 0.5) is 11.4 Å². The Morgan fingerprint density at radius 3 is 2.48 bits per heavy atom. The predicted molar refractivity (Wildman–Crippen MR) is 85.9 cm³/mol. The standard InChI is InChI=1S/C13H20ClN3O3S/c1-8(2)10(7-15)13(18)16-12-6-9(4-5-11(12)14)17-21(3,19)20/h4-6,8,10,17H,7,15H2,1-3H3,(H,16,18). The Bertz CT molecular complexity index is 617. The smallest absolute Gasteiger partial charge is 0.229 e. The van der Waals surface area contributed by atoms with Crippen LogP contribution in [0, 0.1) is 11.8 Å². The molecule has 0 aliphatic carbocycles. The third kappa shape index (κ3) is 5.53. The Morgan fingerprint density at radius 2 is 2.00 bits per heavy atom. The molecule has 1 atom stereocenters. The molecule has 0 saturated heterocycles. The van der Waals surface area contributed by atoms with Crippen molar-refractivity contribution in [2.45, 2.75) is 13.8 Å². The maximum Gasteiger partial charge on any atom is 0.229 e. The van der Waals surface area contributed by atoms with E-state index in [1.807, 2.05) is 13.8 Å². The van der Waals surface area contributed by atoms with Gasteiger partial charge in [0, 0.05) is 6.54 Å². The molecule has 118 valence electrons. The highest BCUT2D eigenvalue weighted by Crippen LogP contribution is 2.27. The number of hydrogen-bond acceptors (Lipinski definition) is 4. The van der Waals surface area contributed by atoms with Crippen LogP contribution in [0.2, 0.25) is 5.02 Å². The second-order valence-corrected chi connectivity index (χ2v) is 7.30. The first kappa shape index (κ1) is 17.7. The van der Waals surface area contributed by atoms with Gasteiger partial charge in [-0.2, -0.15) is 0 Å². The average molecular weight is 334 g/mol. The molecule has 0 heterocycles. The van der Waals surface area contributed by atoms with Crippen LogP contribution in [0.3, 0.4) is 0 Å². The van der Waals surface area contributed by atoms with Crippen molar-refractivity contribution in [3.05, 3.63) is 23.2 Å². The van der Waals surface area contributed by atoms with Gasteiger partial charge in [-0.15, -0.1) is 0 Å². The Morgan fingerprint density at radius 1 is 1.38 bits per heavy atom. The SMILES string of the molecule is CC(C)C(CN)C(=O)Nc1cc(NS(C)(=O)=O)ccc1Cl. The van der Waals surface area contributed by atoms with Gasteiger partial charge in [0.15, 0.2) is 0 Å². The maximum absolute atomic E-state index is 12.1. The van der Waals surface area contributed by atoms with Gasteiger partial charge >= 0.3 is 0 Å². The van der Waals surface area contributed by atoms with Gasteiger partial charge < -0.3 is 11.1 Å². The highest BCUT2D eigenvalue weighted by Gasteiger charge is 2.21. The number of benzene rings is 1. The zero-order valence-electron chi connectivity index (χ0n) is 12.2. The average Bonchev–Trinajstić information content (AvgIpc) is 2.32. The molecule has 0 aliphatic heterocycles. The summed E-state index contributed by atoms with van der Waals surface area (Å²) in [5.74, 6) is -0.496. The van der Waals surface area contributed by atoms with E-state index in [-0.39, 0.29) is 24.3 Å². The minimum Gasteiger partial charge on any atom is -0.330 e. The van der Waals surface area contributed by atoms with E-state index in [1.54, 1.807) is 0 Å². The molecule has 0 radical (unpaired) electrons. The molecule has 0 aliphatic rings. The Balaban J connectivity index is 2.97. The number of nitrogens with two attached hydrogens (primary N) is 1. The number of rotatable bonds is 6. The first-order valence-corrected chi connectivity index (χ1v) is 8.69. The first-order valence-electron chi connectivity index (χ1n) is 6.42. The van der Waals surface area contributed by atoms with E-state index in [0.29, 0.717) is 16.4 Å². The molecule has 8 heteroatoms. The van der Waals surface area contributed by atoms with Crippen molar-refractivity contribution in [1.29, 1.82) is 0 Å². The molecular formula is C13H20ClN3O3S. The van der Waals surface area contributed by atoms with Crippen molar-refractivity contribution in [3.8, 4) is 0 Å². The van der Waals surface area contributed by atoms with Crippen LogP contribution in [-0.2, 0) is 14.8 Å². The van der Waals surface area contributed by atoms with Crippen LogP contribution < -0.4 is 15.8 Å². The van der Waals surface area contributed by atoms with E-state index in [9.17, 15) is 13.2 Å². The zero-order valence-corrected chi connectivity index (χ0v) is 13.8. The molecule has 4 N–H and O–H groups in total. The fraction of sp³-hybridized carbons (Fsp3) is 0.462. The Labute approximate surface area is 130 Å².